The molecule has 5 heteroatoms. The second-order valence-corrected chi connectivity index (χ2v) is 5.92. The largest absolute Gasteiger partial charge is 0.493 e. The van der Waals surface area contributed by atoms with Gasteiger partial charge in [-0.25, -0.2) is 0 Å². The number of furan rings is 1. The lowest BCUT2D eigenvalue weighted by Crippen LogP contribution is -2.16. The molecule has 0 amide bonds. The summed E-state index contributed by atoms with van der Waals surface area (Å²) in [7, 11) is 1.65. The first-order valence-electron chi connectivity index (χ1n) is 6.42. The van der Waals surface area contributed by atoms with Crippen molar-refractivity contribution >= 4 is 33.2 Å². The molecule has 0 saturated carbocycles. The van der Waals surface area contributed by atoms with E-state index in [1.165, 1.54) is 0 Å². The molecule has 20 heavy (non-hydrogen) atoms. The molecule has 0 saturated heterocycles. The summed E-state index contributed by atoms with van der Waals surface area (Å²) < 4.78 is 11.6. The number of hydrogen-bond acceptors (Lipinski definition) is 3. The highest BCUT2D eigenvalue weighted by Gasteiger charge is 2.12. The van der Waals surface area contributed by atoms with Crippen molar-refractivity contribution in [2.45, 2.75) is 25.8 Å². The highest BCUT2D eigenvalue weighted by Crippen LogP contribution is 2.36. The van der Waals surface area contributed by atoms with Gasteiger partial charge in [-0.05, 0) is 53.5 Å². The molecule has 1 heterocycles. The molecule has 0 spiro atoms. The Morgan fingerprint density at radius 2 is 2.25 bits per heavy atom. The zero-order chi connectivity index (χ0) is 14.5. The maximum absolute atomic E-state index is 6.08. The number of hydrogen-bond donors (Lipinski definition) is 1. The van der Waals surface area contributed by atoms with Gasteiger partial charge >= 0.3 is 0 Å². The van der Waals surface area contributed by atoms with Gasteiger partial charge in [-0.3, -0.25) is 0 Å². The van der Waals surface area contributed by atoms with Crippen molar-refractivity contribution in [1.82, 2.24) is 0 Å². The predicted octanol–water partition coefficient (Wildman–Crippen LogP) is 5.14. The van der Waals surface area contributed by atoms with Crippen LogP contribution in [0.5, 0.6) is 5.75 Å². The van der Waals surface area contributed by atoms with E-state index in [1.54, 1.807) is 13.4 Å². The Kier molecular flexibility index (Phi) is 5.38. The summed E-state index contributed by atoms with van der Waals surface area (Å²) in [5.74, 6) is 1.76. The van der Waals surface area contributed by atoms with Gasteiger partial charge in [0.1, 0.15) is 5.76 Å². The standard InChI is InChI=1S/C15H17BrClNO2/c1-10(5-6-12-4-3-7-20-12)18-14-9-11(17)8-13(16)15(14)19-2/h3-4,7-10,18H,5-6H2,1-2H3. The Bertz CT molecular complexity index is 557. The average molecular weight is 359 g/mol. The number of ether oxygens (including phenoxy) is 1. The summed E-state index contributed by atoms with van der Waals surface area (Å²) in [5.41, 5.74) is 0.888. The van der Waals surface area contributed by atoms with Crippen molar-refractivity contribution in [1.29, 1.82) is 0 Å². The molecular formula is C15H17BrClNO2. The second-order valence-electron chi connectivity index (χ2n) is 4.63. The van der Waals surface area contributed by atoms with Gasteiger partial charge in [-0.2, -0.15) is 0 Å². The first kappa shape index (κ1) is 15.3. The molecule has 1 N–H and O–H groups in total. The van der Waals surface area contributed by atoms with E-state index in [0.29, 0.717) is 5.02 Å². The quantitative estimate of drug-likeness (QED) is 0.776. The van der Waals surface area contributed by atoms with E-state index in [9.17, 15) is 0 Å². The van der Waals surface area contributed by atoms with Crippen LogP contribution in [0.2, 0.25) is 5.02 Å². The van der Waals surface area contributed by atoms with Crippen molar-refractivity contribution in [3.63, 3.8) is 0 Å². The van der Waals surface area contributed by atoms with E-state index >= 15 is 0 Å². The molecule has 0 bridgehead atoms. The molecular weight excluding hydrogens is 342 g/mol. The van der Waals surface area contributed by atoms with Crippen LogP contribution < -0.4 is 10.1 Å². The number of benzene rings is 1. The first-order chi connectivity index (χ1) is 9.60. The first-order valence-corrected chi connectivity index (χ1v) is 7.59. The lowest BCUT2D eigenvalue weighted by Gasteiger charge is -2.18. The van der Waals surface area contributed by atoms with E-state index in [2.05, 4.69) is 28.2 Å². The molecule has 0 fully saturated rings. The predicted molar refractivity (Wildman–Crippen MR) is 85.8 cm³/mol. The average Bonchev–Trinajstić information content (AvgIpc) is 2.89. The van der Waals surface area contributed by atoms with E-state index in [1.807, 2.05) is 24.3 Å². The maximum atomic E-state index is 6.08. The van der Waals surface area contributed by atoms with Crippen LogP contribution in [0.25, 0.3) is 0 Å². The molecule has 1 aromatic heterocycles. The van der Waals surface area contributed by atoms with Crippen LogP contribution in [0.4, 0.5) is 5.69 Å². The number of nitrogens with one attached hydrogen (secondary N) is 1. The summed E-state index contributed by atoms with van der Waals surface area (Å²) in [5, 5.41) is 4.09. The highest BCUT2D eigenvalue weighted by atomic mass is 79.9. The van der Waals surface area contributed by atoms with Crippen molar-refractivity contribution < 1.29 is 9.15 Å². The third kappa shape index (κ3) is 3.93. The Labute approximate surface area is 132 Å². The molecule has 0 aliphatic rings. The Morgan fingerprint density at radius 3 is 2.90 bits per heavy atom. The fourth-order valence-corrected chi connectivity index (χ4v) is 3.00. The Hall–Kier alpha value is -1.13. The Morgan fingerprint density at radius 1 is 1.45 bits per heavy atom. The monoisotopic (exact) mass is 357 g/mol. The lowest BCUT2D eigenvalue weighted by atomic mass is 10.1. The lowest BCUT2D eigenvalue weighted by molar-refractivity contribution is 0.413. The van der Waals surface area contributed by atoms with Crippen LogP contribution in [0.3, 0.4) is 0 Å². The summed E-state index contributed by atoms with van der Waals surface area (Å²) >= 11 is 9.53. The van der Waals surface area contributed by atoms with Crippen LogP contribution in [0.1, 0.15) is 19.1 Å². The van der Waals surface area contributed by atoms with Crippen LogP contribution in [0.15, 0.2) is 39.4 Å². The third-order valence-corrected chi connectivity index (χ3v) is 3.83. The van der Waals surface area contributed by atoms with Gasteiger partial charge in [0.15, 0.2) is 5.75 Å². The highest BCUT2D eigenvalue weighted by molar-refractivity contribution is 9.10. The molecule has 108 valence electrons. The normalized spacial score (nSPS) is 12.2. The van der Waals surface area contributed by atoms with Crippen molar-refractivity contribution in [3.05, 3.63) is 45.8 Å². The zero-order valence-corrected chi connectivity index (χ0v) is 13.8. The van der Waals surface area contributed by atoms with Gasteiger partial charge in [0, 0.05) is 17.5 Å². The van der Waals surface area contributed by atoms with Gasteiger partial charge < -0.3 is 14.5 Å². The fraction of sp³-hybridized carbons (Fsp3) is 0.333. The van der Waals surface area contributed by atoms with E-state index in [0.717, 1.165) is 34.5 Å². The summed E-state index contributed by atoms with van der Waals surface area (Å²) in [6, 6.07) is 7.86. The minimum absolute atomic E-state index is 0.277. The summed E-state index contributed by atoms with van der Waals surface area (Å²) in [6.07, 6.45) is 3.55. The summed E-state index contributed by atoms with van der Waals surface area (Å²) in [6.45, 7) is 2.12. The van der Waals surface area contributed by atoms with E-state index < -0.39 is 0 Å². The molecule has 1 aromatic carbocycles. The third-order valence-electron chi connectivity index (χ3n) is 3.02. The molecule has 1 unspecified atom stereocenters. The number of rotatable bonds is 6. The maximum Gasteiger partial charge on any atom is 0.156 e. The van der Waals surface area contributed by atoms with Crippen LogP contribution in [0, 0.1) is 0 Å². The van der Waals surface area contributed by atoms with Gasteiger partial charge in [-0.15, -0.1) is 0 Å². The number of methoxy groups -OCH3 is 1. The minimum atomic E-state index is 0.277. The zero-order valence-electron chi connectivity index (χ0n) is 11.5. The summed E-state index contributed by atoms with van der Waals surface area (Å²) in [4.78, 5) is 0. The van der Waals surface area contributed by atoms with Gasteiger partial charge in [0.05, 0.1) is 23.5 Å². The molecule has 0 radical (unpaired) electrons. The van der Waals surface area contributed by atoms with Crippen molar-refractivity contribution in [2.24, 2.45) is 0 Å². The number of aryl methyl sites for hydroxylation is 1. The second kappa shape index (κ2) is 7.04. The van der Waals surface area contributed by atoms with Gasteiger partial charge in [0.25, 0.3) is 0 Å². The van der Waals surface area contributed by atoms with Crippen LogP contribution in [-0.2, 0) is 6.42 Å². The SMILES string of the molecule is COc1c(Br)cc(Cl)cc1NC(C)CCc1ccco1. The molecule has 2 aromatic rings. The van der Waals surface area contributed by atoms with Crippen molar-refractivity contribution in [3.8, 4) is 5.75 Å². The number of anilines is 1. The van der Waals surface area contributed by atoms with Crippen LogP contribution in [-0.4, -0.2) is 13.2 Å². The molecule has 3 nitrogen and oxygen atoms in total. The van der Waals surface area contributed by atoms with Gasteiger partial charge in [0.2, 0.25) is 0 Å². The van der Waals surface area contributed by atoms with E-state index in [-0.39, 0.29) is 6.04 Å². The molecule has 1 atom stereocenters. The topological polar surface area (TPSA) is 34.4 Å². The number of halogens is 2. The molecule has 0 aliphatic heterocycles. The fourth-order valence-electron chi connectivity index (χ4n) is 2.03. The van der Waals surface area contributed by atoms with Crippen molar-refractivity contribution in [2.75, 3.05) is 12.4 Å². The van der Waals surface area contributed by atoms with Crippen LogP contribution >= 0.6 is 27.5 Å². The smallest absolute Gasteiger partial charge is 0.156 e. The Balaban J connectivity index is 2.01. The minimum Gasteiger partial charge on any atom is -0.493 e. The molecule has 2 rings (SSSR count). The van der Waals surface area contributed by atoms with Gasteiger partial charge in [-0.1, -0.05) is 11.6 Å². The molecule has 0 aliphatic carbocycles. The van der Waals surface area contributed by atoms with E-state index in [4.69, 9.17) is 20.8 Å².